The number of carbonyl (C=O) groups excluding carboxylic acids is 4. The van der Waals surface area contributed by atoms with Crippen LogP contribution >= 0.6 is 11.6 Å². The third-order valence-corrected chi connectivity index (χ3v) is 13.2. The summed E-state index contributed by atoms with van der Waals surface area (Å²) < 4.78 is 6.49. The molecular weight excluding hydrogens is 732 g/mol. The van der Waals surface area contributed by atoms with Crippen molar-refractivity contribution in [3.63, 3.8) is 0 Å². The number of nitrogens with zero attached hydrogens (tertiary/aromatic N) is 7. The summed E-state index contributed by atoms with van der Waals surface area (Å²) in [5, 5.41) is 2.76. The fraction of sp³-hybridized carbons (Fsp3) is 0.476. The van der Waals surface area contributed by atoms with Crippen molar-refractivity contribution in [3.05, 3.63) is 82.3 Å². The first-order chi connectivity index (χ1) is 27.1. The predicted molar refractivity (Wildman–Crippen MR) is 213 cm³/mol. The van der Waals surface area contributed by atoms with Gasteiger partial charge in [0, 0.05) is 74.7 Å². The van der Waals surface area contributed by atoms with Gasteiger partial charge in [0.25, 0.3) is 11.8 Å². The zero-order valence-electron chi connectivity index (χ0n) is 31.5. The Morgan fingerprint density at radius 1 is 0.839 bits per heavy atom. The number of hydrogen-bond donors (Lipinski definition) is 1. The Labute approximate surface area is 331 Å². The van der Waals surface area contributed by atoms with Gasteiger partial charge in [-0.15, -0.1) is 0 Å². The molecule has 0 saturated carbocycles. The zero-order valence-corrected chi connectivity index (χ0v) is 32.2. The Balaban J connectivity index is 0.725. The van der Waals surface area contributed by atoms with Crippen LogP contribution in [0.3, 0.4) is 0 Å². The third-order valence-electron chi connectivity index (χ3n) is 12.9. The van der Waals surface area contributed by atoms with Crippen molar-refractivity contribution < 1.29 is 23.9 Å². The maximum absolute atomic E-state index is 13.3. The average Bonchev–Trinajstić information content (AvgIpc) is 3.64. The molecule has 3 aromatic rings. The van der Waals surface area contributed by atoms with Gasteiger partial charge in [0.1, 0.15) is 11.9 Å². The molecule has 5 fully saturated rings. The summed E-state index contributed by atoms with van der Waals surface area (Å²) in [5.41, 5.74) is 4.44. The van der Waals surface area contributed by atoms with Crippen molar-refractivity contribution in [2.24, 2.45) is 5.41 Å². The summed E-state index contributed by atoms with van der Waals surface area (Å²) in [6.07, 6.45) is 7.78. The van der Waals surface area contributed by atoms with Gasteiger partial charge in [-0.3, -0.25) is 29.4 Å². The smallest absolute Gasteiger partial charge is 0.262 e. The van der Waals surface area contributed by atoms with Crippen LogP contribution in [-0.2, 0) is 14.3 Å². The Morgan fingerprint density at radius 2 is 1.57 bits per heavy atom. The van der Waals surface area contributed by atoms with E-state index < -0.39 is 29.7 Å². The molecule has 0 aliphatic carbocycles. The quantitative estimate of drug-likeness (QED) is 0.245. The molecule has 4 amide bonds. The molecule has 9 rings (SSSR count). The first kappa shape index (κ1) is 36.4. The molecule has 1 unspecified atom stereocenters. The van der Waals surface area contributed by atoms with Crippen LogP contribution in [-0.4, -0.2) is 104 Å². The van der Waals surface area contributed by atoms with Gasteiger partial charge in [-0.05, 0) is 93.3 Å². The number of rotatable bonds is 7. The van der Waals surface area contributed by atoms with E-state index in [-0.39, 0.29) is 36.0 Å². The van der Waals surface area contributed by atoms with Gasteiger partial charge in [0.15, 0.2) is 0 Å². The number of carbonyl (C=O) groups is 4. The van der Waals surface area contributed by atoms with Crippen LogP contribution in [0.4, 0.5) is 28.6 Å². The maximum Gasteiger partial charge on any atom is 0.262 e. The minimum absolute atomic E-state index is 0.0905. The number of halogens is 1. The standard InChI is InChI=1S/C42H45ClN8O5/c1-26-21-42(25-50(26)28-4-7-35(44-2)34(43)20-28)13-17-48(18-14-42)37-9-5-29(22-45-37)47-15-11-30(12-16-47)56-31-23-49(24-31)27-3-6-32-33(19-27)41(55)51(40(32)54)36-8-10-38(52)46-39(36)53/h3-7,9,19-20,22,26,30-31,36H,8,10-18,21,23-25H2,1H3,(H,46,52,53)/t26-,36?/m0/s1. The van der Waals surface area contributed by atoms with Crippen LogP contribution in [0.1, 0.15) is 72.6 Å². The molecule has 6 aliphatic heterocycles. The molecule has 14 heteroatoms. The van der Waals surface area contributed by atoms with E-state index in [1.54, 1.807) is 12.1 Å². The zero-order chi connectivity index (χ0) is 38.7. The number of amides is 4. The van der Waals surface area contributed by atoms with Crippen LogP contribution in [0.2, 0.25) is 5.02 Å². The third kappa shape index (κ3) is 6.62. The minimum Gasteiger partial charge on any atom is -0.371 e. The van der Waals surface area contributed by atoms with Crippen LogP contribution < -0.4 is 24.9 Å². The fourth-order valence-electron chi connectivity index (χ4n) is 9.67. The first-order valence-electron chi connectivity index (χ1n) is 19.7. The molecule has 13 nitrogen and oxygen atoms in total. The van der Waals surface area contributed by atoms with Gasteiger partial charge in [-0.2, -0.15) is 0 Å². The number of ether oxygens (including phenoxy) is 1. The van der Waals surface area contributed by atoms with Gasteiger partial charge in [0.2, 0.25) is 17.5 Å². The van der Waals surface area contributed by atoms with E-state index in [4.69, 9.17) is 27.9 Å². The Kier molecular flexibility index (Phi) is 9.37. The van der Waals surface area contributed by atoms with Crippen molar-refractivity contribution >= 4 is 63.8 Å². The highest BCUT2D eigenvalue weighted by Crippen LogP contribution is 2.46. The van der Waals surface area contributed by atoms with Gasteiger partial charge >= 0.3 is 0 Å². The Morgan fingerprint density at radius 3 is 2.27 bits per heavy atom. The summed E-state index contributed by atoms with van der Waals surface area (Å²) in [4.78, 5) is 69.2. The molecule has 5 saturated heterocycles. The predicted octanol–water partition coefficient (Wildman–Crippen LogP) is 5.45. The van der Waals surface area contributed by atoms with E-state index in [2.05, 4.69) is 48.8 Å². The molecule has 2 aromatic carbocycles. The maximum atomic E-state index is 13.3. The van der Waals surface area contributed by atoms with E-state index in [1.807, 2.05) is 30.5 Å². The molecule has 2 atom stereocenters. The normalized spacial score (nSPS) is 24.1. The lowest BCUT2D eigenvalue weighted by Crippen LogP contribution is -2.54. The molecule has 1 spiro atoms. The second kappa shape index (κ2) is 14.4. The molecule has 6 aliphatic rings. The van der Waals surface area contributed by atoms with Crippen molar-refractivity contribution in [2.45, 2.75) is 76.2 Å². The summed E-state index contributed by atoms with van der Waals surface area (Å²) >= 11 is 6.38. The largest absolute Gasteiger partial charge is 0.371 e. The fourth-order valence-corrected chi connectivity index (χ4v) is 9.88. The molecule has 290 valence electrons. The highest BCUT2D eigenvalue weighted by molar-refractivity contribution is 6.33. The summed E-state index contributed by atoms with van der Waals surface area (Å²) in [6.45, 7) is 15.8. The van der Waals surface area contributed by atoms with E-state index in [1.165, 1.54) is 0 Å². The minimum atomic E-state index is -0.973. The van der Waals surface area contributed by atoms with Crippen molar-refractivity contribution in [1.82, 2.24) is 15.2 Å². The van der Waals surface area contributed by atoms with Gasteiger partial charge in [-0.25, -0.2) is 9.83 Å². The molecular formula is C42H45ClN8O5. The molecule has 1 N–H and O–H groups in total. The summed E-state index contributed by atoms with van der Waals surface area (Å²) in [6, 6.07) is 14.9. The molecule has 1 aromatic heterocycles. The average molecular weight is 777 g/mol. The number of anilines is 4. The van der Waals surface area contributed by atoms with Gasteiger partial charge < -0.3 is 24.3 Å². The van der Waals surface area contributed by atoms with Gasteiger partial charge in [0.05, 0.1) is 41.8 Å². The Hall–Kier alpha value is -5.19. The molecule has 56 heavy (non-hydrogen) atoms. The van der Waals surface area contributed by atoms with Crippen LogP contribution in [0.25, 0.3) is 4.85 Å². The highest BCUT2D eigenvalue weighted by Gasteiger charge is 2.46. The highest BCUT2D eigenvalue weighted by atomic mass is 35.5. The first-order valence-corrected chi connectivity index (χ1v) is 20.1. The summed E-state index contributed by atoms with van der Waals surface area (Å²) in [7, 11) is 0. The van der Waals surface area contributed by atoms with Crippen LogP contribution in [0.15, 0.2) is 54.7 Å². The van der Waals surface area contributed by atoms with Crippen molar-refractivity contribution in [2.75, 3.05) is 65.4 Å². The number of fused-ring (bicyclic) bond motifs is 1. The second-order valence-corrected chi connectivity index (χ2v) is 16.7. The number of benzene rings is 2. The number of piperidine rings is 3. The monoisotopic (exact) mass is 776 g/mol. The molecule has 0 bridgehead atoms. The second-order valence-electron chi connectivity index (χ2n) is 16.3. The number of hydrogen-bond acceptors (Lipinski definition) is 10. The van der Waals surface area contributed by atoms with Crippen LogP contribution in [0.5, 0.6) is 0 Å². The lowest BCUT2D eigenvalue weighted by atomic mass is 9.77. The van der Waals surface area contributed by atoms with E-state index in [0.29, 0.717) is 35.4 Å². The van der Waals surface area contributed by atoms with E-state index in [0.717, 1.165) is 92.6 Å². The van der Waals surface area contributed by atoms with Crippen LogP contribution in [0, 0.1) is 12.0 Å². The SMILES string of the molecule is [C-]#[N+]c1ccc(N2CC3(CCN(c4ccc(N5CCC(OC6CN(c7ccc8c(c7)C(=O)N(C7CCC(=O)NC7=O)C8=O)C6)CC5)cn4)CC3)C[C@@H]2C)cc1Cl. The van der Waals surface area contributed by atoms with Crippen molar-refractivity contribution in [1.29, 1.82) is 0 Å². The number of nitrogens with one attached hydrogen (secondary N) is 1. The van der Waals surface area contributed by atoms with Crippen molar-refractivity contribution in [3.8, 4) is 0 Å². The van der Waals surface area contributed by atoms with E-state index in [9.17, 15) is 19.2 Å². The summed E-state index contributed by atoms with van der Waals surface area (Å²) in [5.74, 6) is -0.955. The number of imide groups is 2. The number of pyridine rings is 1. The molecule has 7 heterocycles. The van der Waals surface area contributed by atoms with E-state index >= 15 is 0 Å². The lowest BCUT2D eigenvalue weighted by molar-refractivity contribution is -0.136. The lowest BCUT2D eigenvalue weighted by Gasteiger charge is -2.44. The van der Waals surface area contributed by atoms with Gasteiger partial charge in [-0.1, -0.05) is 17.7 Å². The topological polar surface area (TPSA) is 123 Å². The Bertz CT molecular complexity index is 2120. The molecule has 0 radical (unpaired) electrons. The number of aromatic nitrogens is 1.